The Morgan fingerprint density at radius 1 is 1.33 bits per heavy atom. The van der Waals surface area contributed by atoms with E-state index in [1.165, 1.54) is 0 Å². The molecule has 0 fully saturated rings. The quantitative estimate of drug-likeness (QED) is 0.497. The standard InChI is InChI=1S/C8H6F3NO3/c9-8(10,11)4-2-1-3(7(14)15)5(12)6(4)13/h1-2,13H,12H2,(H,14,15). The highest BCUT2D eigenvalue weighted by molar-refractivity contribution is 5.95. The number of nitrogen functional groups attached to an aromatic ring is 1. The molecule has 4 N–H and O–H groups in total. The van der Waals surface area contributed by atoms with Crippen LogP contribution in [0.15, 0.2) is 12.1 Å². The highest BCUT2D eigenvalue weighted by Crippen LogP contribution is 2.39. The summed E-state index contributed by atoms with van der Waals surface area (Å²) < 4.78 is 36.6. The lowest BCUT2D eigenvalue weighted by Crippen LogP contribution is -2.09. The molecule has 1 aromatic carbocycles. The Kier molecular flexibility index (Phi) is 2.48. The van der Waals surface area contributed by atoms with Crippen LogP contribution in [0.5, 0.6) is 5.75 Å². The first-order valence-electron chi connectivity index (χ1n) is 3.67. The number of phenolic OH excluding ortho intramolecular Hbond substituents is 1. The van der Waals surface area contributed by atoms with E-state index in [-0.39, 0.29) is 0 Å². The molecular weight excluding hydrogens is 215 g/mol. The number of alkyl halides is 3. The summed E-state index contributed by atoms with van der Waals surface area (Å²) in [7, 11) is 0. The number of carboxylic acids is 1. The first kappa shape index (κ1) is 11.2. The van der Waals surface area contributed by atoms with Gasteiger partial charge in [-0.05, 0) is 12.1 Å². The van der Waals surface area contributed by atoms with Crippen LogP contribution in [0.4, 0.5) is 18.9 Å². The van der Waals surface area contributed by atoms with Crippen molar-refractivity contribution in [2.24, 2.45) is 0 Å². The van der Waals surface area contributed by atoms with Crippen molar-refractivity contribution >= 4 is 11.7 Å². The van der Waals surface area contributed by atoms with Gasteiger partial charge < -0.3 is 15.9 Å². The second-order valence-electron chi connectivity index (χ2n) is 2.73. The molecule has 15 heavy (non-hydrogen) atoms. The summed E-state index contributed by atoms with van der Waals surface area (Å²) in [5.41, 5.74) is 2.33. The summed E-state index contributed by atoms with van der Waals surface area (Å²) in [6.07, 6.45) is -4.77. The van der Waals surface area contributed by atoms with Gasteiger partial charge in [0, 0.05) is 0 Å². The number of anilines is 1. The first-order valence-corrected chi connectivity index (χ1v) is 3.67. The predicted octanol–water partition coefficient (Wildman–Crippen LogP) is 1.69. The Morgan fingerprint density at radius 3 is 2.27 bits per heavy atom. The lowest BCUT2D eigenvalue weighted by atomic mass is 10.1. The topological polar surface area (TPSA) is 83.6 Å². The van der Waals surface area contributed by atoms with Crippen LogP contribution in [0.3, 0.4) is 0 Å². The Hall–Kier alpha value is -1.92. The zero-order chi connectivity index (χ0) is 11.8. The smallest absolute Gasteiger partial charge is 0.420 e. The van der Waals surface area contributed by atoms with Gasteiger partial charge in [0.05, 0.1) is 16.8 Å². The Morgan fingerprint density at radius 2 is 1.87 bits per heavy atom. The van der Waals surface area contributed by atoms with Gasteiger partial charge in [0.15, 0.2) is 5.75 Å². The Labute approximate surface area is 81.7 Å². The molecule has 1 rings (SSSR count). The summed E-state index contributed by atoms with van der Waals surface area (Å²) >= 11 is 0. The normalized spacial score (nSPS) is 11.4. The molecule has 0 spiro atoms. The molecular formula is C8H6F3NO3. The maximum atomic E-state index is 12.2. The van der Waals surface area contributed by atoms with Crippen LogP contribution in [-0.2, 0) is 6.18 Å². The lowest BCUT2D eigenvalue weighted by molar-refractivity contribution is -0.138. The summed E-state index contributed by atoms with van der Waals surface area (Å²) in [5.74, 6) is -2.76. The van der Waals surface area contributed by atoms with Crippen molar-refractivity contribution in [2.45, 2.75) is 6.18 Å². The molecule has 0 aliphatic rings. The molecule has 0 atom stereocenters. The van der Waals surface area contributed by atoms with Gasteiger partial charge in [-0.1, -0.05) is 0 Å². The number of carboxylic acid groups (broad SMARTS) is 1. The minimum atomic E-state index is -4.77. The second-order valence-corrected chi connectivity index (χ2v) is 2.73. The third-order valence-corrected chi connectivity index (χ3v) is 1.75. The minimum absolute atomic E-state index is 0.467. The fourth-order valence-corrected chi connectivity index (χ4v) is 1.02. The number of nitrogens with two attached hydrogens (primary N) is 1. The van der Waals surface area contributed by atoms with E-state index in [1.807, 2.05) is 0 Å². The molecule has 0 radical (unpaired) electrons. The number of phenols is 1. The maximum absolute atomic E-state index is 12.2. The molecule has 0 aliphatic heterocycles. The molecule has 0 heterocycles. The summed E-state index contributed by atoms with van der Waals surface area (Å²) in [4.78, 5) is 10.5. The third-order valence-electron chi connectivity index (χ3n) is 1.75. The van der Waals surface area contributed by atoms with E-state index in [0.717, 1.165) is 0 Å². The Bertz CT molecular complexity index is 414. The first-order chi connectivity index (χ1) is 6.75. The molecule has 0 saturated carbocycles. The van der Waals surface area contributed by atoms with Crippen molar-refractivity contribution in [3.63, 3.8) is 0 Å². The lowest BCUT2D eigenvalue weighted by Gasteiger charge is -2.11. The van der Waals surface area contributed by atoms with Crippen LogP contribution in [0, 0.1) is 0 Å². The summed E-state index contributed by atoms with van der Waals surface area (Å²) in [5, 5.41) is 17.6. The van der Waals surface area contributed by atoms with E-state index in [4.69, 9.17) is 15.9 Å². The summed E-state index contributed by atoms with van der Waals surface area (Å²) in [6, 6.07) is 1.16. The van der Waals surface area contributed by atoms with E-state index in [9.17, 15) is 18.0 Å². The van der Waals surface area contributed by atoms with E-state index < -0.39 is 34.7 Å². The van der Waals surface area contributed by atoms with Gasteiger partial charge in [0.2, 0.25) is 0 Å². The highest BCUT2D eigenvalue weighted by atomic mass is 19.4. The number of rotatable bonds is 1. The van der Waals surface area contributed by atoms with Crippen LogP contribution in [0.1, 0.15) is 15.9 Å². The van der Waals surface area contributed by atoms with Gasteiger partial charge in [-0.3, -0.25) is 0 Å². The second kappa shape index (κ2) is 3.34. The van der Waals surface area contributed by atoms with Crippen molar-refractivity contribution in [1.82, 2.24) is 0 Å². The van der Waals surface area contributed by atoms with Crippen molar-refractivity contribution in [2.75, 3.05) is 5.73 Å². The van der Waals surface area contributed by atoms with Crippen LogP contribution in [0.25, 0.3) is 0 Å². The van der Waals surface area contributed by atoms with E-state index in [1.54, 1.807) is 0 Å². The van der Waals surface area contributed by atoms with E-state index >= 15 is 0 Å². The van der Waals surface area contributed by atoms with Gasteiger partial charge >= 0.3 is 12.1 Å². The third kappa shape index (κ3) is 1.95. The van der Waals surface area contributed by atoms with Gasteiger partial charge in [0.25, 0.3) is 0 Å². The summed E-state index contributed by atoms with van der Waals surface area (Å²) in [6.45, 7) is 0. The number of aromatic carboxylic acids is 1. The molecule has 0 unspecified atom stereocenters. The van der Waals surface area contributed by atoms with Gasteiger partial charge in [0.1, 0.15) is 0 Å². The molecule has 1 aromatic rings. The van der Waals surface area contributed by atoms with E-state index in [0.29, 0.717) is 12.1 Å². The number of aromatic hydroxyl groups is 1. The molecule has 0 bridgehead atoms. The number of hydrogen-bond acceptors (Lipinski definition) is 3. The molecule has 0 aliphatic carbocycles. The van der Waals surface area contributed by atoms with Crippen molar-refractivity contribution < 1.29 is 28.2 Å². The Balaban J connectivity index is 3.41. The number of halogens is 3. The number of benzene rings is 1. The average molecular weight is 221 g/mol. The molecule has 7 heteroatoms. The fraction of sp³-hybridized carbons (Fsp3) is 0.125. The van der Waals surface area contributed by atoms with Crippen molar-refractivity contribution in [1.29, 1.82) is 0 Å². The maximum Gasteiger partial charge on any atom is 0.420 e. The van der Waals surface area contributed by atoms with E-state index in [2.05, 4.69) is 0 Å². The zero-order valence-corrected chi connectivity index (χ0v) is 7.17. The van der Waals surface area contributed by atoms with Crippen molar-refractivity contribution in [3.8, 4) is 5.75 Å². The predicted molar refractivity (Wildman–Crippen MR) is 44.5 cm³/mol. The van der Waals surface area contributed by atoms with Gasteiger partial charge in [-0.15, -0.1) is 0 Å². The highest BCUT2D eigenvalue weighted by Gasteiger charge is 2.35. The molecule has 0 aromatic heterocycles. The minimum Gasteiger partial charge on any atom is -0.505 e. The van der Waals surface area contributed by atoms with Crippen LogP contribution >= 0.6 is 0 Å². The van der Waals surface area contributed by atoms with Crippen LogP contribution in [0.2, 0.25) is 0 Å². The zero-order valence-electron chi connectivity index (χ0n) is 7.17. The average Bonchev–Trinajstić information content (AvgIpc) is 2.06. The van der Waals surface area contributed by atoms with Crippen LogP contribution in [-0.4, -0.2) is 16.2 Å². The molecule has 0 saturated heterocycles. The SMILES string of the molecule is Nc1c(C(=O)O)ccc(C(F)(F)F)c1O. The van der Waals surface area contributed by atoms with Crippen molar-refractivity contribution in [3.05, 3.63) is 23.3 Å². The van der Waals surface area contributed by atoms with Crippen LogP contribution < -0.4 is 5.73 Å². The fourth-order valence-electron chi connectivity index (χ4n) is 1.02. The monoisotopic (exact) mass is 221 g/mol. The largest absolute Gasteiger partial charge is 0.505 e. The van der Waals surface area contributed by atoms with Gasteiger partial charge in [-0.2, -0.15) is 13.2 Å². The molecule has 82 valence electrons. The number of hydrogen-bond donors (Lipinski definition) is 3. The molecule has 4 nitrogen and oxygen atoms in total. The van der Waals surface area contributed by atoms with Gasteiger partial charge in [-0.25, -0.2) is 4.79 Å². The number of carbonyl (C=O) groups is 1. The molecule has 0 amide bonds.